The van der Waals surface area contributed by atoms with Crippen LogP contribution in [0.15, 0.2) is 33.6 Å². The van der Waals surface area contributed by atoms with E-state index in [2.05, 4.69) is 45.5 Å². The van der Waals surface area contributed by atoms with Gasteiger partial charge in [0, 0.05) is 34.8 Å². The van der Waals surface area contributed by atoms with Gasteiger partial charge in [0.15, 0.2) is 0 Å². The molecule has 0 aliphatic heterocycles. The molecule has 0 unspecified atom stereocenters. The molecule has 5 heteroatoms. The highest BCUT2D eigenvalue weighted by atomic mass is 79.9. The van der Waals surface area contributed by atoms with Gasteiger partial charge >= 0.3 is 0 Å². The number of halogens is 2. The third-order valence-corrected chi connectivity index (χ3v) is 3.22. The summed E-state index contributed by atoms with van der Waals surface area (Å²) >= 11 is 5.27. The lowest BCUT2D eigenvalue weighted by atomic mass is 10.4. The van der Waals surface area contributed by atoms with E-state index in [1.165, 1.54) is 4.90 Å². The van der Waals surface area contributed by atoms with Crippen LogP contribution < -0.4 is 11.1 Å². The van der Waals surface area contributed by atoms with E-state index in [0.717, 1.165) is 23.3 Å². The number of hydrogen-bond acceptors (Lipinski definition) is 3. The molecule has 0 spiro atoms. The van der Waals surface area contributed by atoms with Crippen molar-refractivity contribution in [3.63, 3.8) is 0 Å². The zero-order chi connectivity index (χ0) is 10.2. The number of nitrogens with two attached hydrogens (primary N) is 1. The molecule has 0 atom stereocenters. The van der Waals surface area contributed by atoms with Crippen molar-refractivity contribution in [3.8, 4) is 0 Å². The molecule has 0 fully saturated rings. The largest absolute Gasteiger partial charge is 0.329 e. The topological polar surface area (TPSA) is 38.0 Å². The summed E-state index contributed by atoms with van der Waals surface area (Å²) in [6, 6.07) is 8.38. The molecule has 0 radical (unpaired) electrons. The van der Waals surface area contributed by atoms with E-state index in [1.807, 2.05) is 11.8 Å². The van der Waals surface area contributed by atoms with Crippen molar-refractivity contribution in [2.24, 2.45) is 5.73 Å². The van der Waals surface area contributed by atoms with Gasteiger partial charge in [0.25, 0.3) is 0 Å². The average Bonchev–Trinajstić information content (AvgIpc) is 2.21. The molecule has 86 valence electrons. The zero-order valence-corrected chi connectivity index (χ0v) is 11.6. The SMILES string of the molecule is Cl.NCCNCCSc1ccc(Br)cc1. The summed E-state index contributed by atoms with van der Waals surface area (Å²) in [4.78, 5) is 1.31. The molecular formula is C10H16BrClN2S. The molecule has 0 bridgehead atoms. The van der Waals surface area contributed by atoms with Gasteiger partial charge in [0.2, 0.25) is 0 Å². The Kier molecular flexibility index (Phi) is 9.65. The second-order valence-electron chi connectivity index (χ2n) is 2.84. The third-order valence-electron chi connectivity index (χ3n) is 1.68. The highest BCUT2D eigenvalue weighted by Gasteiger charge is 1.93. The van der Waals surface area contributed by atoms with Gasteiger partial charge in [-0.1, -0.05) is 15.9 Å². The number of hydrogen-bond donors (Lipinski definition) is 2. The Bertz CT molecular complexity index is 256. The molecule has 0 aromatic heterocycles. The normalized spacial score (nSPS) is 9.73. The standard InChI is InChI=1S/C10H15BrN2S.ClH/c11-9-1-3-10(4-2-9)14-8-7-13-6-5-12;/h1-4,13H,5-8,12H2;1H. The molecule has 15 heavy (non-hydrogen) atoms. The lowest BCUT2D eigenvalue weighted by molar-refractivity contribution is 0.729. The van der Waals surface area contributed by atoms with Crippen LogP contribution in [0.4, 0.5) is 0 Å². The quantitative estimate of drug-likeness (QED) is 0.626. The van der Waals surface area contributed by atoms with Gasteiger partial charge in [-0.3, -0.25) is 0 Å². The number of rotatable bonds is 6. The molecule has 1 rings (SSSR count). The van der Waals surface area contributed by atoms with Crippen molar-refractivity contribution >= 4 is 40.1 Å². The van der Waals surface area contributed by atoms with Gasteiger partial charge in [-0.05, 0) is 24.3 Å². The fourth-order valence-corrected chi connectivity index (χ4v) is 2.07. The molecule has 0 saturated heterocycles. The molecule has 0 aliphatic rings. The first-order valence-corrected chi connectivity index (χ1v) is 6.40. The third kappa shape index (κ3) is 7.19. The Morgan fingerprint density at radius 1 is 1.20 bits per heavy atom. The van der Waals surface area contributed by atoms with Crippen molar-refractivity contribution < 1.29 is 0 Å². The van der Waals surface area contributed by atoms with E-state index < -0.39 is 0 Å². The van der Waals surface area contributed by atoms with Crippen LogP contribution in [-0.2, 0) is 0 Å². The highest BCUT2D eigenvalue weighted by molar-refractivity contribution is 9.10. The molecule has 1 aromatic carbocycles. The summed E-state index contributed by atoms with van der Waals surface area (Å²) in [6.45, 7) is 2.63. The smallest absolute Gasteiger partial charge is 0.0176 e. The summed E-state index contributed by atoms with van der Waals surface area (Å²) in [6.07, 6.45) is 0. The van der Waals surface area contributed by atoms with Gasteiger partial charge < -0.3 is 11.1 Å². The molecule has 0 heterocycles. The van der Waals surface area contributed by atoms with Crippen LogP contribution in [-0.4, -0.2) is 25.4 Å². The van der Waals surface area contributed by atoms with Gasteiger partial charge in [-0.15, -0.1) is 24.2 Å². The minimum atomic E-state index is 0. The monoisotopic (exact) mass is 310 g/mol. The molecule has 0 aliphatic carbocycles. The molecule has 0 amide bonds. The van der Waals surface area contributed by atoms with Crippen LogP contribution in [0, 0.1) is 0 Å². The fourth-order valence-electron chi connectivity index (χ4n) is 0.999. The maximum absolute atomic E-state index is 5.36. The lowest BCUT2D eigenvalue weighted by Gasteiger charge is -2.03. The number of benzene rings is 1. The van der Waals surface area contributed by atoms with Crippen LogP contribution in [0.2, 0.25) is 0 Å². The van der Waals surface area contributed by atoms with E-state index >= 15 is 0 Å². The van der Waals surface area contributed by atoms with Gasteiger partial charge in [0.05, 0.1) is 0 Å². The van der Waals surface area contributed by atoms with E-state index in [4.69, 9.17) is 5.73 Å². The Hall–Kier alpha value is 0.260. The predicted molar refractivity (Wildman–Crippen MR) is 74.0 cm³/mol. The minimum Gasteiger partial charge on any atom is -0.329 e. The van der Waals surface area contributed by atoms with E-state index in [9.17, 15) is 0 Å². The molecule has 0 saturated carbocycles. The van der Waals surface area contributed by atoms with Gasteiger partial charge in [0.1, 0.15) is 0 Å². The maximum Gasteiger partial charge on any atom is 0.0176 e. The molecular weight excluding hydrogens is 296 g/mol. The maximum atomic E-state index is 5.36. The van der Waals surface area contributed by atoms with E-state index in [-0.39, 0.29) is 12.4 Å². The lowest BCUT2D eigenvalue weighted by Crippen LogP contribution is -2.24. The summed E-state index contributed by atoms with van der Waals surface area (Å²) in [5.74, 6) is 1.08. The number of nitrogens with one attached hydrogen (secondary N) is 1. The Balaban J connectivity index is 0.00000196. The second-order valence-corrected chi connectivity index (χ2v) is 4.93. The van der Waals surface area contributed by atoms with Crippen molar-refractivity contribution in [1.29, 1.82) is 0 Å². The Morgan fingerprint density at radius 3 is 2.47 bits per heavy atom. The summed E-state index contributed by atoms with van der Waals surface area (Å²) in [5.41, 5.74) is 5.36. The zero-order valence-electron chi connectivity index (χ0n) is 8.41. The van der Waals surface area contributed by atoms with Crippen molar-refractivity contribution in [2.75, 3.05) is 25.4 Å². The second kappa shape index (κ2) is 9.48. The minimum absolute atomic E-state index is 0. The van der Waals surface area contributed by atoms with Crippen LogP contribution in [0.1, 0.15) is 0 Å². The predicted octanol–water partition coefficient (Wildman–Crippen LogP) is 2.51. The highest BCUT2D eigenvalue weighted by Crippen LogP contribution is 2.19. The van der Waals surface area contributed by atoms with Crippen LogP contribution >= 0.6 is 40.1 Å². The Labute approximate surface area is 110 Å². The van der Waals surface area contributed by atoms with Crippen LogP contribution in [0.3, 0.4) is 0 Å². The average molecular weight is 312 g/mol. The fraction of sp³-hybridized carbons (Fsp3) is 0.400. The first-order chi connectivity index (χ1) is 6.83. The Morgan fingerprint density at radius 2 is 1.87 bits per heavy atom. The van der Waals surface area contributed by atoms with Crippen molar-refractivity contribution in [1.82, 2.24) is 5.32 Å². The van der Waals surface area contributed by atoms with E-state index in [1.54, 1.807) is 0 Å². The van der Waals surface area contributed by atoms with E-state index in [0.29, 0.717) is 6.54 Å². The van der Waals surface area contributed by atoms with Crippen molar-refractivity contribution in [2.45, 2.75) is 4.90 Å². The van der Waals surface area contributed by atoms with Crippen molar-refractivity contribution in [3.05, 3.63) is 28.7 Å². The number of thioether (sulfide) groups is 1. The first kappa shape index (κ1) is 15.3. The van der Waals surface area contributed by atoms with Gasteiger partial charge in [-0.2, -0.15) is 0 Å². The summed E-state index contributed by atoms with van der Waals surface area (Å²) in [5, 5.41) is 3.26. The first-order valence-electron chi connectivity index (χ1n) is 4.62. The van der Waals surface area contributed by atoms with Gasteiger partial charge in [-0.25, -0.2) is 0 Å². The van der Waals surface area contributed by atoms with Crippen LogP contribution in [0.25, 0.3) is 0 Å². The van der Waals surface area contributed by atoms with Crippen LogP contribution in [0.5, 0.6) is 0 Å². The summed E-state index contributed by atoms with van der Waals surface area (Å²) in [7, 11) is 0. The molecule has 2 nitrogen and oxygen atoms in total. The molecule has 1 aromatic rings. The molecule has 3 N–H and O–H groups in total. The summed E-state index contributed by atoms with van der Waals surface area (Å²) < 4.78 is 1.13.